The highest BCUT2D eigenvalue weighted by molar-refractivity contribution is 5.69. The number of esters is 1. The highest BCUT2D eigenvalue weighted by Gasteiger charge is 2.13. The first-order valence-corrected chi connectivity index (χ1v) is 20.2. The van der Waals surface area contributed by atoms with Crippen molar-refractivity contribution >= 4 is 40.1 Å². The average molecular weight is 759 g/mol. The molecule has 12 heteroatoms. The van der Waals surface area contributed by atoms with Crippen LogP contribution < -0.4 is 14.4 Å². The Bertz CT molecular complexity index is 1600. The molecule has 0 aliphatic rings. The first kappa shape index (κ1) is 44.5. The van der Waals surface area contributed by atoms with Gasteiger partial charge in [-0.15, -0.1) is 10.2 Å². The number of nitro groups is 1. The van der Waals surface area contributed by atoms with Crippen LogP contribution in [0, 0.1) is 10.1 Å². The number of hydrogen-bond donors (Lipinski definition) is 0. The van der Waals surface area contributed by atoms with Gasteiger partial charge in [0.05, 0.1) is 37.1 Å². The number of anilines is 1. The van der Waals surface area contributed by atoms with Gasteiger partial charge in [-0.1, -0.05) is 103 Å². The fraction of sp³-hybridized carbons (Fsp3) is 0.558. The first-order valence-electron chi connectivity index (χ1n) is 20.2. The second kappa shape index (κ2) is 26.8. The Kier molecular flexibility index (Phi) is 21.7. The second-order valence-corrected chi connectivity index (χ2v) is 13.7. The van der Waals surface area contributed by atoms with Gasteiger partial charge in [-0.3, -0.25) is 14.9 Å². The molecule has 3 rings (SSSR count). The number of rotatable bonds is 29. The van der Waals surface area contributed by atoms with Crippen molar-refractivity contribution in [2.24, 2.45) is 20.5 Å². The zero-order chi connectivity index (χ0) is 39.5. The summed E-state index contributed by atoms with van der Waals surface area (Å²) in [6.45, 7) is 6.06. The van der Waals surface area contributed by atoms with Crippen LogP contribution in [0.1, 0.15) is 123 Å². The fourth-order valence-electron chi connectivity index (χ4n) is 6.25. The van der Waals surface area contributed by atoms with Gasteiger partial charge in [-0.2, -0.15) is 10.2 Å². The lowest BCUT2D eigenvalue weighted by molar-refractivity contribution is -0.384. The van der Waals surface area contributed by atoms with E-state index >= 15 is 0 Å². The minimum absolute atomic E-state index is 0.0290. The first-order chi connectivity index (χ1) is 26.9. The quantitative estimate of drug-likeness (QED) is 0.0225. The zero-order valence-corrected chi connectivity index (χ0v) is 33.5. The van der Waals surface area contributed by atoms with E-state index in [1.807, 2.05) is 24.3 Å². The number of carbonyl (C=O) groups is 1. The van der Waals surface area contributed by atoms with E-state index in [0.29, 0.717) is 53.8 Å². The van der Waals surface area contributed by atoms with E-state index in [0.717, 1.165) is 25.1 Å². The van der Waals surface area contributed by atoms with Gasteiger partial charge in [0.2, 0.25) is 0 Å². The Hall–Kier alpha value is -4.87. The molecular formula is C43H62N6O6. The van der Waals surface area contributed by atoms with Crippen molar-refractivity contribution < 1.29 is 23.9 Å². The summed E-state index contributed by atoms with van der Waals surface area (Å²) in [5.41, 5.74) is 2.90. The highest BCUT2D eigenvalue weighted by Crippen LogP contribution is 2.41. The highest BCUT2D eigenvalue weighted by atomic mass is 16.6. The number of nitro benzene ring substituents is 1. The molecule has 3 aromatic rings. The van der Waals surface area contributed by atoms with Crippen LogP contribution in [0.5, 0.6) is 11.5 Å². The lowest BCUT2D eigenvalue weighted by Gasteiger charge is -2.23. The Morgan fingerprint density at radius 1 is 0.636 bits per heavy atom. The molecule has 0 atom stereocenters. The molecule has 3 aromatic carbocycles. The summed E-state index contributed by atoms with van der Waals surface area (Å²) in [5.74, 6) is 0.699. The second-order valence-electron chi connectivity index (χ2n) is 13.7. The van der Waals surface area contributed by atoms with E-state index in [4.69, 9.17) is 14.2 Å². The summed E-state index contributed by atoms with van der Waals surface area (Å²) in [6.07, 6.45) is 21.5. The Morgan fingerprint density at radius 2 is 1.07 bits per heavy atom. The van der Waals surface area contributed by atoms with Crippen LogP contribution in [0.25, 0.3) is 0 Å². The largest absolute Gasteiger partial charge is 0.494 e. The molecule has 0 unspecified atom stereocenters. The molecule has 0 N–H and O–H groups in total. The summed E-state index contributed by atoms with van der Waals surface area (Å²) in [4.78, 5) is 24.9. The summed E-state index contributed by atoms with van der Waals surface area (Å²) in [5, 5.41) is 28.1. The van der Waals surface area contributed by atoms with E-state index in [1.165, 1.54) is 128 Å². The zero-order valence-electron chi connectivity index (χ0n) is 33.5. The monoisotopic (exact) mass is 758 g/mol. The van der Waals surface area contributed by atoms with Crippen molar-refractivity contribution in [3.8, 4) is 11.5 Å². The molecule has 300 valence electrons. The molecule has 0 spiro atoms. The average Bonchev–Trinajstić information content (AvgIpc) is 3.21. The van der Waals surface area contributed by atoms with Crippen LogP contribution in [0.4, 0.5) is 34.1 Å². The summed E-state index contributed by atoms with van der Waals surface area (Å²) in [7, 11) is 3.03. The fourth-order valence-corrected chi connectivity index (χ4v) is 6.25. The Labute approximate surface area is 327 Å². The molecule has 0 aliphatic heterocycles. The number of hydrogen-bond acceptors (Lipinski definition) is 11. The number of benzene rings is 3. The maximum absolute atomic E-state index is 12.3. The third-order valence-corrected chi connectivity index (χ3v) is 9.54. The summed E-state index contributed by atoms with van der Waals surface area (Å²) in [6, 6.07) is 16.7. The number of unbranched alkanes of at least 4 members (excludes halogenated alkanes) is 15. The van der Waals surface area contributed by atoms with Gasteiger partial charge < -0.3 is 19.1 Å². The minimum Gasteiger partial charge on any atom is -0.494 e. The van der Waals surface area contributed by atoms with Crippen LogP contribution in [0.2, 0.25) is 0 Å². The number of likely N-dealkylation sites (N-methyl/N-ethyl adjacent to an activating group) is 1. The van der Waals surface area contributed by atoms with E-state index in [2.05, 4.69) is 39.2 Å². The number of methoxy groups -OCH3 is 2. The third kappa shape index (κ3) is 17.4. The topological polar surface area (TPSA) is 141 Å². The van der Waals surface area contributed by atoms with E-state index in [9.17, 15) is 14.9 Å². The number of carbonyl (C=O) groups excluding carboxylic acids is 1. The van der Waals surface area contributed by atoms with Crippen molar-refractivity contribution in [3.05, 3.63) is 70.8 Å². The van der Waals surface area contributed by atoms with Crippen molar-refractivity contribution in [2.75, 3.05) is 38.8 Å². The van der Waals surface area contributed by atoms with Crippen molar-refractivity contribution in [1.29, 1.82) is 0 Å². The molecule has 0 saturated heterocycles. The molecule has 0 amide bonds. The maximum atomic E-state index is 12.3. The van der Waals surface area contributed by atoms with Crippen molar-refractivity contribution in [3.63, 3.8) is 0 Å². The third-order valence-electron chi connectivity index (χ3n) is 9.54. The summed E-state index contributed by atoms with van der Waals surface area (Å²) < 4.78 is 16.6. The molecule has 0 aromatic heterocycles. The van der Waals surface area contributed by atoms with Gasteiger partial charge in [0, 0.05) is 42.9 Å². The van der Waals surface area contributed by atoms with E-state index < -0.39 is 4.92 Å². The number of non-ortho nitro benzene ring substituents is 1. The molecule has 12 nitrogen and oxygen atoms in total. The Morgan fingerprint density at radius 3 is 1.49 bits per heavy atom. The van der Waals surface area contributed by atoms with Gasteiger partial charge in [0.1, 0.15) is 29.5 Å². The maximum Gasteiger partial charge on any atom is 0.305 e. The number of ether oxygens (including phenoxy) is 3. The SMILES string of the molecule is CCCCCCCCCCCCCCCCCCC(=O)OCCN(CC)c1ccc(/N=N/c2cc(OC)c(/N=N/c3ccc([N+](=O)[O-])cc3)cc2OC)cc1. The molecule has 0 radical (unpaired) electrons. The van der Waals surface area contributed by atoms with Crippen LogP contribution in [0.15, 0.2) is 81.1 Å². The van der Waals surface area contributed by atoms with E-state index in [-0.39, 0.29) is 11.7 Å². The number of nitrogens with zero attached hydrogens (tertiary/aromatic N) is 6. The van der Waals surface area contributed by atoms with Crippen LogP contribution in [0.3, 0.4) is 0 Å². The number of azo groups is 2. The minimum atomic E-state index is -0.472. The van der Waals surface area contributed by atoms with E-state index in [1.54, 1.807) is 12.1 Å². The molecule has 0 bridgehead atoms. The van der Waals surface area contributed by atoms with Gasteiger partial charge >= 0.3 is 5.97 Å². The van der Waals surface area contributed by atoms with Crippen molar-refractivity contribution in [2.45, 2.75) is 123 Å². The lowest BCUT2D eigenvalue weighted by Crippen LogP contribution is -2.27. The van der Waals surface area contributed by atoms with Gasteiger partial charge in [0.25, 0.3) is 5.69 Å². The Balaban J connectivity index is 1.35. The van der Waals surface area contributed by atoms with Crippen molar-refractivity contribution in [1.82, 2.24) is 0 Å². The molecule has 0 heterocycles. The van der Waals surface area contributed by atoms with Gasteiger partial charge in [-0.05, 0) is 49.7 Å². The molecule has 0 saturated carbocycles. The molecule has 0 aliphatic carbocycles. The normalized spacial score (nSPS) is 11.3. The van der Waals surface area contributed by atoms with Gasteiger partial charge in [0.15, 0.2) is 0 Å². The molecular weight excluding hydrogens is 697 g/mol. The lowest BCUT2D eigenvalue weighted by atomic mass is 10.0. The predicted octanol–water partition coefficient (Wildman–Crippen LogP) is 13.5. The molecule has 55 heavy (non-hydrogen) atoms. The van der Waals surface area contributed by atoms with Crippen LogP contribution in [-0.4, -0.2) is 44.8 Å². The van der Waals surface area contributed by atoms with Crippen LogP contribution in [-0.2, 0) is 9.53 Å². The van der Waals surface area contributed by atoms with Gasteiger partial charge in [-0.25, -0.2) is 0 Å². The predicted molar refractivity (Wildman–Crippen MR) is 220 cm³/mol. The molecule has 0 fully saturated rings. The standard InChI is InChI=1S/C43H62N6O6/c1-5-7-8-9-10-11-12-13-14-15-16-17-18-19-20-21-22-43(50)55-32-31-48(6-2)37-27-23-35(24-28-37)44-46-39-33-42(54-4)40(34-41(39)53-3)47-45-36-25-29-38(30-26-36)49(51)52/h23-30,33-34H,5-22,31-32H2,1-4H3/b46-44+,47-45+. The van der Waals surface area contributed by atoms with Crippen LogP contribution >= 0.6 is 0 Å². The smallest absolute Gasteiger partial charge is 0.305 e. The summed E-state index contributed by atoms with van der Waals surface area (Å²) >= 11 is 0.